The van der Waals surface area contributed by atoms with Gasteiger partial charge in [0.15, 0.2) is 6.29 Å². The molecule has 1 aliphatic rings. The lowest BCUT2D eigenvalue weighted by Crippen LogP contribution is -2.43. The predicted octanol–water partition coefficient (Wildman–Crippen LogP) is 4.84. The van der Waals surface area contributed by atoms with Gasteiger partial charge in [-0.05, 0) is 11.8 Å². The quantitative estimate of drug-likeness (QED) is 0.441. The van der Waals surface area contributed by atoms with Crippen LogP contribution in [0.5, 0.6) is 0 Å². The van der Waals surface area contributed by atoms with Crippen molar-refractivity contribution in [1.29, 1.82) is 0 Å². The van der Waals surface area contributed by atoms with Crippen molar-refractivity contribution in [3.05, 3.63) is 0 Å². The monoisotopic (exact) mass is 325 g/mol. The van der Waals surface area contributed by atoms with E-state index in [0.717, 1.165) is 3.94 Å². The largest absolute Gasteiger partial charge is 0.344 e. The van der Waals surface area contributed by atoms with Crippen LogP contribution in [0, 0.1) is 17.8 Å². The molecule has 0 spiro atoms. The molecule has 114 valence electrons. The Labute approximate surface area is 129 Å². The summed E-state index contributed by atoms with van der Waals surface area (Å²) in [6.45, 7) is 13.0. The van der Waals surface area contributed by atoms with Crippen molar-refractivity contribution in [2.24, 2.45) is 17.8 Å². The first-order chi connectivity index (χ1) is 8.25. The molecule has 2 unspecified atom stereocenters. The number of ether oxygens (including phenoxy) is 2. The molecule has 1 saturated heterocycles. The summed E-state index contributed by atoms with van der Waals surface area (Å²) in [5.41, 5.74) is 0. The summed E-state index contributed by atoms with van der Waals surface area (Å²) in [5.74, 6) is 1.57. The molecule has 6 heteroatoms. The van der Waals surface area contributed by atoms with Crippen LogP contribution in [0.3, 0.4) is 0 Å². The van der Waals surface area contributed by atoms with Crippen LogP contribution in [-0.2, 0) is 9.47 Å². The number of hydrogen-bond donors (Lipinski definition) is 2. The predicted molar refractivity (Wildman–Crippen MR) is 91.6 cm³/mol. The maximum Gasteiger partial charge on any atom is 0.161 e. The van der Waals surface area contributed by atoms with Crippen LogP contribution >= 0.6 is 32.8 Å². The zero-order valence-electron chi connectivity index (χ0n) is 12.8. The molecule has 1 heterocycles. The Bertz CT molecular complexity index is 282. The average molecular weight is 325 g/mol. The van der Waals surface area contributed by atoms with E-state index in [1.807, 2.05) is 0 Å². The molecule has 1 aliphatic heterocycles. The third-order valence-corrected chi connectivity index (χ3v) is 7.30. The van der Waals surface area contributed by atoms with Crippen LogP contribution in [0.4, 0.5) is 0 Å². The van der Waals surface area contributed by atoms with Gasteiger partial charge in [-0.2, -0.15) is 0 Å². The van der Waals surface area contributed by atoms with Gasteiger partial charge in [0.25, 0.3) is 0 Å². The van der Waals surface area contributed by atoms with Gasteiger partial charge in [0.05, 0.1) is 15.6 Å². The second kappa shape index (κ2) is 8.26. The van der Waals surface area contributed by atoms with Crippen molar-refractivity contribution in [3.8, 4) is 0 Å². The number of thiocarbonyl (C=S) groups is 1. The Morgan fingerprint density at radius 3 is 1.53 bits per heavy atom. The first kappa shape index (κ1) is 19.8. The lowest BCUT2D eigenvalue weighted by molar-refractivity contribution is -0.210. The zero-order chi connectivity index (χ0) is 14.0. The van der Waals surface area contributed by atoms with Crippen LogP contribution in [0.1, 0.15) is 41.5 Å². The highest BCUT2D eigenvalue weighted by atomic mass is 32.1. The first-order valence-corrected chi connectivity index (χ1v) is 8.91. The summed E-state index contributed by atoms with van der Waals surface area (Å²) >= 11 is 9.78. The number of rotatable bonds is 4. The van der Waals surface area contributed by atoms with Crippen molar-refractivity contribution < 1.29 is 9.47 Å². The van der Waals surface area contributed by atoms with Crippen molar-refractivity contribution in [1.82, 2.24) is 6.15 Å². The molecular weight excluding hydrogens is 297 g/mol. The summed E-state index contributed by atoms with van der Waals surface area (Å²) in [7, 11) is -0.637. The van der Waals surface area contributed by atoms with Gasteiger partial charge in [-0.25, -0.2) is 0 Å². The Kier molecular flexibility index (Phi) is 8.58. The van der Waals surface area contributed by atoms with Gasteiger partial charge in [0.2, 0.25) is 0 Å². The fraction of sp³-hybridized carbons (Fsp3) is 0.923. The number of hydrogen-bond acceptors (Lipinski definition) is 4. The summed E-state index contributed by atoms with van der Waals surface area (Å²) in [6.07, 6.45) is -0.119. The Hall–Kier alpha value is 0.750. The molecule has 3 N–H and O–H groups in total. The topological polar surface area (TPSA) is 53.5 Å². The minimum atomic E-state index is -0.637. The molecule has 0 saturated carbocycles. The average Bonchev–Trinajstić information content (AvgIpc) is 2.26. The van der Waals surface area contributed by atoms with E-state index >= 15 is 0 Å². The van der Waals surface area contributed by atoms with E-state index in [1.165, 1.54) is 0 Å². The molecule has 3 nitrogen and oxygen atoms in total. The lowest BCUT2D eigenvalue weighted by atomic mass is 10.2. The molecule has 2 atom stereocenters. The van der Waals surface area contributed by atoms with Gasteiger partial charge in [0.1, 0.15) is 0 Å². The van der Waals surface area contributed by atoms with Crippen molar-refractivity contribution in [2.75, 3.05) is 0 Å². The zero-order valence-corrected chi connectivity index (χ0v) is 15.4. The molecule has 0 aromatic rings. The fourth-order valence-electron chi connectivity index (χ4n) is 2.07. The van der Waals surface area contributed by atoms with Crippen molar-refractivity contribution in [2.45, 2.75) is 59.5 Å². The van der Waals surface area contributed by atoms with Crippen LogP contribution in [0.15, 0.2) is 0 Å². The minimum absolute atomic E-state index is 0. The third-order valence-electron chi connectivity index (χ3n) is 3.00. The highest BCUT2D eigenvalue weighted by molar-refractivity contribution is 8.27. The first-order valence-electron chi connectivity index (χ1n) is 6.57. The van der Waals surface area contributed by atoms with Crippen LogP contribution in [-0.4, -0.2) is 21.9 Å². The van der Waals surface area contributed by atoms with Crippen LogP contribution < -0.4 is 6.15 Å². The van der Waals surface area contributed by atoms with E-state index in [0.29, 0.717) is 17.8 Å². The summed E-state index contributed by atoms with van der Waals surface area (Å²) in [6, 6.07) is 0. The molecule has 0 aliphatic carbocycles. The number of thiol groups is 1. The standard InChI is InChI=1S/C13H25O2PS2.H3N/c1-7(2)10-14-11(8(3)4)16(13(17)18)12(15-10)9(5)6;/h7-12H,1-6H3,(H,17,18);1H3. The van der Waals surface area contributed by atoms with Gasteiger partial charge in [-0.1, -0.05) is 53.8 Å². The summed E-state index contributed by atoms with van der Waals surface area (Å²) < 4.78 is 13.0. The maximum atomic E-state index is 6.13. The van der Waals surface area contributed by atoms with Crippen molar-refractivity contribution in [3.63, 3.8) is 0 Å². The Balaban J connectivity index is 0.00000324. The molecule has 1 rings (SSSR count). The van der Waals surface area contributed by atoms with E-state index in [2.05, 4.69) is 54.2 Å². The van der Waals surface area contributed by atoms with Gasteiger partial charge >= 0.3 is 0 Å². The summed E-state index contributed by atoms with van der Waals surface area (Å²) in [5, 5.41) is 0. The Morgan fingerprint density at radius 2 is 1.32 bits per heavy atom. The maximum absolute atomic E-state index is 6.13. The molecular formula is C13H28NO2PS2. The molecule has 0 bridgehead atoms. The molecule has 0 aromatic carbocycles. The van der Waals surface area contributed by atoms with Crippen LogP contribution in [0.2, 0.25) is 0 Å². The van der Waals surface area contributed by atoms with E-state index in [-0.39, 0.29) is 24.1 Å². The molecule has 1 fully saturated rings. The van der Waals surface area contributed by atoms with Gasteiger partial charge < -0.3 is 15.6 Å². The third kappa shape index (κ3) is 4.90. The second-order valence-electron chi connectivity index (χ2n) is 5.84. The van der Waals surface area contributed by atoms with E-state index in [9.17, 15) is 0 Å². The fourth-order valence-corrected chi connectivity index (χ4v) is 5.89. The normalized spacial score (nSPS) is 31.7. The van der Waals surface area contributed by atoms with E-state index in [1.54, 1.807) is 0 Å². The smallest absolute Gasteiger partial charge is 0.161 e. The van der Waals surface area contributed by atoms with E-state index < -0.39 is 7.92 Å². The lowest BCUT2D eigenvalue weighted by Gasteiger charge is -2.46. The highest BCUT2D eigenvalue weighted by Crippen LogP contribution is 2.58. The molecule has 0 amide bonds. The van der Waals surface area contributed by atoms with Crippen LogP contribution in [0.25, 0.3) is 0 Å². The molecule has 0 aromatic heterocycles. The van der Waals surface area contributed by atoms with Gasteiger partial charge in [-0.15, -0.1) is 12.6 Å². The van der Waals surface area contributed by atoms with Crippen molar-refractivity contribution >= 4 is 36.7 Å². The minimum Gasteiger partial charge on any atom is -0.344 e. The molecule has 0 radical (unpaired) electrons. The molecule has 19 heavy (non-hydrogen) atoms. The van der Waals surface area contributed by atoms with Gasteiger partial charge in [-0.3, -0.25) is 0 Å². The van der Waals surface area contributed by atoms with Gasteiger partial charge in [0, 0.05) is 13.8 Å². The van der Waals surface area contributed by atoms with E-state index in [4.69, 9.17) is 21.7 Å². The highest BCUT2D eigenvalue weighted by Gasteiger charge is 2.43. The Morgan fingerprint density at radius 1 is 0.947 bits per heavy atom. The summed E-state index contributed by atoms with van der Waals surface area (Å²) in [4.78, 5) is 0. The SMILES string of the molecule is CC(C)C1OC(C(C)C)P(C(=S)S)C(C(C)C)O1.N. The second-order valence-corrected chi connectivity index (χ2v) is 9.94.